The molecule has 0 aliphatic carbocycles. The summed E-state index contributed by atoms with van der Waals surface area (Å²) >= 11 is 0. The van der Waals surface area contributed by atoms with Gasteiger partial charge >= 0.3 is 0 Å². The van der Waals surface area contributed by atoms with Crippen LogP contribution < -0.4 is 9.47 Å². The summed E-state index contributed by atoms with van der Waals surface area (Å²) in [7, 11) is 6.91. The number of ether oxygens (including phenoxy) is 2. The summed E-state index contributed by atoms with van der Waals surface area (Å²) in [4.78, 5) is 13.5. The molecule has 0 fully saturated rings. The molecule has 0 heterocycles. The number of allylic oxidation sites excluding steroid dienone is 1. The number of carbonyl (C=O) groups excluding carboxylic acids is 1. The van der Waals surface area contributed by atoms with E-state index in [0.717, 1.165) is 5.56 Å². The quantitative estimate of drug-likeness (QED) is 0.750. The summed E-state index contributed by atoms with van der Waals surface area (Å²) in [5.41, 5.74) is 1.45. The smallest absolute Gasteiger partial charge is 0.161 e. The Kier molecular flexibility index (Phi) is 4.77. The molecule has 0 aliphatic heterocycles. The van der Waals surface area contributed by atoms with Crippen molar-refractivity contribution in [1.29, 1.82) is 0 Å². The molecule has 0 saturated heterocycles. The molecule has 0 bridgehead atoms. The van der Waals surface area contributed by atoms with Crippen LogP contribution in [0.1, 0.15) is 12.5 Å². The first-order chi connectivity index (χ1) is 8.49. The van der Waals surface area contributed by atoms with E-state index in [1.165, 1.54) is 0 Å². The topological polar surface area (TPSA) is 38.8 Å². The zero-order valence-electron chi connectivity index (χ0n) is 11.5. The summed E-state index contributed by atoms with van der Waals surface area (Å²) in [6, 6.07) is 5.44. The summed E-state index contributed by atoms with van der Waals surface area (Å²) < 4.78 is 10.4. The van der Waals surface area contributed by atoms with Gasteiger partial charge in [-0.1, -0.05) is 6.07 Å². The minimum atomic E-state index is 0.0101. The first-order valence-corrected chi connectivity index (χ1v) is 5.61. The standard InChI is InChI=1S/C14H19NO3/c1-10(16)12(9-15(2)3)11-6-7-13(17-4)14(8-11)18-5/h6-9H,1-5H3/b12-9-. The molecule has 0 radical (unpaired) electrons. The van der Waals surface area contributed by atoms with Crippen LogP contribution in [0.2, 0.25) is 0 Å². The van der Waals surface area contributed by atoms with Gasteiger partial charge in [0, 0.05) is 25.9 Å². The van der Waals surface area contributed by atoms with E-state index in [1.807, 2.05) is 25.1 Å². The van der Waals surface area contributed by atoms with Crippen LogP contribution >= 0.6 is 0 Å². The van der Waals surface area contributed by atoms with Crippen molar-refractivity contribution in [3.63, 3.8) is 0 Å². The van der Waals surface area contributed by atoms with Crippen molar-refractivity contribution in [3.8, 4) is 11.5 Å². The van der Waals surface area contributed by atoms with Crippen molar-refractivity contribution in [2.75, 3.05) is 28.3 Å². The predicted octanol–water partition coefficient (Wildman–Crippen LogP) is 2.20. The summed E-state index contributed by atoms with van der Waals surface area (Å²) in [5, 5.41) is 0. The number of methoxy groups -OCH3 is 2. The molecule has 1 rings (SSSR count). The fourth-order valence-corrected chi connectivity index (χ4v) is 1.63. The lowest BCUT2D eigenvalue weighted by Crippen LogP contribution is -2.06. The fourth-order valence-electron chi connectivity index (χ4n) is 1.63. The second kappa shape index (κ2) is 6.10. The average Bonchev–Trinajstić information content (AvgIpc) is 2.34. The fraction of sp³-hybridized carbons (Fsp3) is 0.357. The van der Waals surface area contributed by atoms with Crippen LogP contribution in [0, 0.1) is 0 Å². The van der Waals surface area contributed by atoms with Crippen molar-refractivity contribution in [2.45, 2.75) is 6.92 Å². The van der Waals surface area contributed by atoms with Crippen molar-refractivity contribution in [3.05, 3.63) is 30.0 Å². The number of nitrogens with zero attached hydrogens (tertiary/aromatic N) is 1. The third-order valence-corrected chi connectivity index (χ3v) is 2.46. The van der Waals surface area contributed by atoms with Crippen molar-refractivity contribution in [2.24, 2.45) is 0 Å². The van der Waals surface area contributed by atoms with Crippen LogP contribution in [0.4, 0.5) is 0 Å². The van der Waals surface area contributed by atoms with Gasteiger partial charge in [-0.25, -0.2) is 0 Å². The second-order valence-corrected chi connectivity index (χ2v) is 4.13. The lowest BCUT2D eigenvalue weighted by molar-refractivity contribution is -0.111. The van der Waals surface area contributed by atoms with Gasteiger partial charge in [-0.05, 0) is 24.6 Å². The molecule has 0 amide bonds. The molecule has 4 heteroatoms. The minimum absolute atomic E-state index is 0.0101. The lowest BCUT2D eigenvalue weighted by Gasteiger charge is -2.13. The van der Waals surface area contributed by atoms with E-state index in [0.29, 0.717) is 17.1 Å². The summed E-state index contributed by atoms with van der Waals surface area (Å²) in [6.07, 6.45) is 1.80. The van der Waals surface area contributed by atoms with Crippen LogP contribution in [0.15, 0.2) is 24.4 Å². The largest absolute Gasteiger partial charge is 0.493 e. The first-order valence-electron chi connectivity index (χ1n) is 5.61. The Bertz CT molecular complexity index is 464. The van der Waals surface area contributed by atoms with Crippen LogP contribution in [0.3, 0.4) is 0 Å². The average molecular weight is 249 g/mol. The maximum Gasteiger partial charge on any atom is 0.161 e. The predicted molar refractivity (Wildman–Crippen MR) is 71.9 cm³/mol. The minimum Gasteiger partial charge on any atom is -0.493 e. The Labute approximate surface area is 108 Å². The van der Waals surface area contributed by atoms with E-state index in [4.69, 9.17) is 9.47 Å². The molecule has 0 aromatic heterocycles. The molecule has 0 spiro atoms. The highest BCUT2D eigenvalue weighted by atomic mass is 16.5. The van der Waals surface area contributed by atoms with E-state index in [2.05, 4.69) is 0 Å². The number of carbonyl (C=O) groups is 1. The monoisotopic (exact) mass is 249 g/mol. The third-order valence-electron chi connectivity index (χ3n) is 2.46. The molecule has 4 nitrogen and oxygen atoms in total. The van der Waals surface area contributed by atoms with Crippen LogP contribution in [0.25, 0.3) is 5.57 Å². The second-order valence-electron chi connectivity index (χ2n) is 4.13. The number of Topliss-reactive ketones (excluding diaryl/α,β-unsaturated/α-hetero) is 1. The lowest BCUT2D eigenvalue weighted by atomic mass is 10.0. The van der Waals surface area contributed by atoms with Crippen LogP contribution in [-0.2, 0) is 4.79 Å². The molecular weight excluding hydrogens is 230 g/mol. The highest BCUT2D eigenvalue weighted by molar-refractivity contribution is 6.19. The Balaban J connectivity index is 3.26. The number of rotatable bonds is 5. The van der Waals surface area contributed by atoms with E-state index in [9.17, 15) is 4.79 Å². The van der Waals surface area contributed by atoms with Gasteiger partial charge in [-0.2, -0.15) is 0 Å². The number of hydrogen-bond acceptors (Lipinski definition) is 4. The maximum atomic E-state index is 11.7. The van der Waals surface area contributed by atoms with E-state index in [1.54, 1.807) is 39.5 Å². The molecule has 1 aromatic carbocycles. The van der Waals surface area contributed by atoms with Gasteiger partial charge in [-0.15, -0.1) is 0 Å². The van der Waals surface area contributed by atoms with Crippen molar-refractivity contribution >= 4 is 11.4 Å². The highest BCUT2D eigenvalue weighted by Gasteiger charge is 2.11. The van der Waals surface area contributed by atoms with E-state index in [-0.39, 0.29) is 5.78 Å². The Hall–Kier alpha value is -1.97. The van der Waals surface area contributed by atoms with E-state index >= 15 is 0 Å². The summed E-state index contributed by atoms with van der Waals surface area (Å²) in [5.74, 6) is 1.27. The van der Waals surface area contributed by atoms with Gasteiger partial charge in [-0.3, -0.25) is 4.79 Å². The van der Waals surface area contributed by atoms with Crippen LogP contribution in [-0.4, -0.2) is 39.0 Å². The third kappa shape index (κ3) is 3.26. The van der Waals surface area contributed by atoms with Gasteiger partial charge in [0.1, 0.15) is 0 Å². The van der Waals surface area contributed by atoms with Gasteiger partial charge in [0.25, 0.3) is 0 Å². The number of hydrogen-bond donors (Lipinski definition) is 0. The molecule has 98 valence electrons. The number of ketones is 1. The molecule has 0 atom stereocenters. The molecule has 0 unspecified atom stereocenters. The first kappa shape index (κ1) is 14.1. The normalized spacial score (nSPS) is 11.1. The zero-order chi connectivity index (χ0) is 13.7. The highest BCUT2D eigenvalue weighted by Crippen LogP contribution is 2.30. The molecular formula is C14H19NO3. The molecule has 0 aliphatic rings. The van der Waals surface area contributed by atoms with Gasteiger partial charge in [0.2, 0.25) is 0 Å². The Morgan fingerprint density at radius 1 is 1.17 bits per heavy atom. The molecule has 18 heavy (non-hydrogen) atoms. The summed E-state index contributed by atoms with van der Waals surface area (Å²) in [6.45, 7) is 1.55. The van der Waals surface area contributed by atoms with Gasteiger partial charge in [0.15, 0.2) is 17.3 Å². The Morgan fingerprint density at radius 3 is 2.22 bits per heavy atom. The molecule has 1 aromatic rings. The zero-order valence-corrected chi connectivity index (χ0v) is 11.5. The maximum absolute atomic E-state index is 11.7. The van der Waals surface area contributed by atoms with Gasteiger partial charge < -0.3 is 14.4 Å². The molecule has 0 saturated carbocycles. The van der Waals surface area contributed by atoms with E-state index < -0.39 is 0 Å². The van der Waals surface area contributed by atoms with Crippen molar-refractivity contribution in [1.82, 2.24) is 4.90 Å². The van der Waals surface area contributed by atoms with Crippen molar-refractivity contribution < 1.29 is 14.3 Å². The molecule has 0 N–H and O–H groups in total. The number of benzene rings is 1. The van der Waals surface area contributed by atoms with Crippen LogP contribution in [0.5, 0.6) is 11.5 Å². The Morgan fingerprint density at radius 2 is 1.78 bits per heavy atom. The SMILES string of the molecule is COc1ccc(/C(=C\N(C)C)C(C)=O)cc1OC. The van der Waals surface area contributed by atoms with Gasteiger partial charge in [0.05, 0.1) is 14.2 Å².